The molecule has 0 unspecified atom stereocenters. The standard InChI is InChI=1S/C23H22ClN5O5/c1-26(16-5-7-17(8-6-16)27-11-13-28(14-12-27)23(30)31)21-10-9-20(24)22(25-21)34-19-4-2-3-18(15-19)29(32)33/h2-10,15H,11-14H2,1H3,(H,30,31). The minimum absolute atomic E-state index is 0.0913. The maximum atomic E-state index is 11.1. The Hall–Kier alpha value is -4.05. The summed E-state index contributed by atoms with van der Waals surface area (Å²) in [5, 5.41) is 20.4. The number of ether oxygens (including phenoxy) is 1. The Labute approximate surface area is 200 Å². The second-order valence-corrected chi connectivity index (χ2v) is 8.05. The fraction of sp³-hybridized carbons (Fsp3) is 0.217. The molecule has 1 fully saturated rings. The highest BCUT2D eigenvalue weighted by Gasteiger charge is 2.20. The van der Waals surface area contributed by atoms with Crippen LogP contribution in [0.4, 0.5) is 27.7 Å². The van der Waals surface area contributed by atoms with E-state index >= 15 is 0 Å². The van der Waals surface area contributed by atoms with Crippen molar-refractivity contribution in [1.82, 2.24) is 9.88 Å². The Morgan fingerprint density at radius 3 is 2.47 bits per heavy atom. The SMILES string of the molecule is CN(c1ccc(N2CCN(C(=O)O)CC2)cc1)c1ccc(Cl)c(Oc2cccc([N+](=O)[O-])c2)n1. The summed E-state index contributed by atoms with van der Waals surface area (Å²) >= 11 is 6.25. The lowest BCUT2D eigenvalue weighted by Crippen LogP contribution is -2.48. The van der Waals surface area contributed by atoms with Gasteiger partial charge in [-0.05, 0) is 42.5 Å². The van der Waals surface area contributed by atoms with Gasteiger partial charge in [-0.15, -0.1) is 0 Å². The van der Waals surface area contributed by atoms with Crippen molar-refractivity contribution in [2.24, 2.45) is 0 Å². The molecule has 3 aromatic rings. The van der Waals surface area contributed by atoms with E-state index in [4.69, 9.17) is 21.4 Å². The normalized spacial score (nSPS) is 13.5. The molecule has 1 amide bonds. The van der Waals surface area contributed by atoms with Crippen LogP contribution in [0, 0.1) is 10.1 Å². The van der Waals surface area contributed by atoms with Crippen molar-refractivity contribution in [3.05, 3.63) is 75.8 Å². The number of rotatable bonds is 6. The summed E-state index contributed by atoms with van der Waals surface area (Å²) in [7, 11) is 1.86. The monoisotopic (exact) mass is 483 g/mol. The molecule has 11 heteroatoms. The first kappa shape index (κ1) is 23.1. The van der Waals surface area contributed by atoms with Gasteiger partial charge in [-0.2, -0.15) is 4.98 Å². The van der Waals surface area contributed by atoms with Crippen molar-refractivity contribution < 1.29 is 19.6 Å². The number of hydrogen-bond acceptors (Lipinski definition) is 7. The summed E-state index contributed by atoms with van der Waals surface area (Å²) in [6.45, 7) is 2.22. The number of amides is 1. The van der Waals surface area contributed by atoms with E-state index in [-0.39, 0.29) is 22.3 Å². The second-order valence-electron chi connectivity index (χ2n) is 7.65. The van der Waals surface area contributed by atoms with Gasteiger partial charge in [0.25, 0.3) is 5.69 Å². The van der Waals surface area contributed by atoms with Crippen molar-refractivity contribution in [3.8, 4) is 11.6 Å². The molecule has 0 spiro atoms. The number of nitro groups is 1. The second kappa shape index (κ2) is 9.84. The number of benzene rings is 2. The van der Waals surface area contributed by atoms with E-state index in [2.05, 4.69) is 9.88 Å². The van der Waals surface area contributed by atoms with Crippen LogP contribution in [-0.4, -0.2) is 59.2 Å². The van der Waals surface area contributed by atoms with Crippen molar-refractivity contribution >= 4 is 40.6 Å². The molecule has 10 nitrogen and oxygen atoms in total. The topological polar surface area (TPSA) is 112 Å². The molecule has 0 saturated carbocycles. The molecule has 1 saturated heterocycles. The smallest absolute Gasteiger partial charge is 0.407 e. The first-order valence-corrected chi connectivity index (χ1v) is 10.8. The van der Waals surface area contributed by atoms with Crippen LogP contribution in [0.2, 0.25) is 5.02 Å². The van der Waals surface area contributed by atoms with E-state index in [9.17, 15) is 14.9 Å². The zero-order valence-corrected chi connectivity index (χ0v) is 19.1. The van der Waals surface area contributed by atoms with Crippen molar-refractivity contribution in [2.75, 3.05) is 43.0 Å². The zero-order valence-electron chi connectivity index (χ0n) is 18.3. The summed E-state index contributed by atoms with van der Waals surface area (Å²) < 4.78 is 5.72. The lowest BCUT2D eigenvalue weighted by molar-refractivity contribution is -0.384. The van der Waals surface area contributed by atoms with Gasteiger partial charge >= 0.3 is 6.09 Å². The highest BCUT2D eigenvalue weighted by Crippen LogP contribution is 2.33. The van der Waals surface area contributed by atoms with E-state index < -0.39 is 11.0 Å². The third-order valence-corrected chi connectivity index (χ3v) is 5.83. The number of anilines is 3. The Kier molecular flexibility index (Phi) is 6.69. The molecule has 0 radical (unpaired) electrons. The summed E-state index contributed by atoms with van der Waals surface area (Å²) in [5.41, 5.74) is 1.80. The van der Waals surface area contributed by atoms with Crippen LogP contribution < -0.4 is 14.5 Å². The average molecular weight is 484 g/mol. The molecule has 34 heavy (non-hydrogen) atoms. The zero-order chi connectivity index (χ0) is 24.2. The average Bonchev–Trinajstić information content (AvgIpc) is 2.85. The van der Waals surface area contributed by atoms with Crippen LogP contribution in [0.25, 0.3) is 0 Å². The highest BCUT2D eigenvalue weighted by atomic mass is 35.5. The molecule has 0 bridgehead atoms. The summed E-state index contributed by atoms with van der Waals surface area (Å²) in [5.74, 6) is 0.975. The Bertz CT molecular complexity index is 1200. The summed E-state index contributed by atoms with van der Waals surface area (Å²) in [4.78, 5) is 31.5. The number of non-ortho nitro benzene ring substituents is 1. The number of carbonyl (C=O) groups is 1. The largest absolute Gasteiger partial charge is 0.465 e. The van der Waals surface area contributed by atoms with Gasteiger partial charge in [0.2, 0.25) is 5.88 Å². The van der Waals surface area contributed by atoms with Crippen molar-refractivity contribution in [2.45, 2.75) is 0 Å². The summed E-state index contributed by atoms with van der Waals surface area (Å²) in [6.07, 6.45) is -0.888. The first-order valence-electron chi connectivity index (χ1n) is 10.5. The predicted molar refractivity (Wildman–Crippen MR) is 129 cm³/mol. The van der Waals surface area contributed by atoms with E-state index in [1.165, 1.54) is 23.1 Å². The van der Waals surface area contributed by atoms with E-state index in [0.29, 0.717) is 32.0 Å². The van der Waals surface area contributed by atoms with Crippen LogP contribution in [0.3, 0.4) is 0 Å². The van der Waals surface area contributed by atoms with Crippen LogP contribution in [0.15, 0.2) is 60.7 Å². The quantitative estimate of drug-likeness (QED) is 0.385. The van der Waals surface area contributed by atoms with Gasteiger partial charge in [0.1, 0.15) is 16.6 Å². The van der Waals surface area contributed by atoms with Gasteiger partial charge in [-0.25, -0.2) is 4.79 Å². The molecule has 0 aliphatic carbocycles. The van der Waals surface area contributed by atoms with Crippen molar-refractivity contribution in [3.63, 3.8) is 0 Å². The van der Waals surface area contributed by atoms with Crippen molar-refractivity contribution in [1.29, 1.82) is 0 Å². The van der Waals surface area contributed by atoms with E-state index in [1.807, 2.05) is 36.2 Å². The fourth-order valence-corrected chi connectivity index (χ4v) is 3.76. The summed E-state index contributed by atoms with van der Waals surface area (Å²) in [6, 6.07) is 17.1. The van der Waals surface area contributed by atoms with Gasteiger partial charge in [-0.3, -0.25) is 10.1 Å². The number of aromatic nitrogens is 1. The minimum atomic E-state index is -0.888. The number of piperazine rings is 1. The van der Waals surface area contributed by atoms with Gasteiger partial charge in [-0.1, -0.05) is 17.7 Å². The van der Waals surface area contributed by atoms with Crippen LogP contribution in [-0.2, 0) is 0 Å². The molecular weight excluding hydrogens is 462 g/mol. The molecule has 1 aliphatic heterocycles. The van der Waals surface area contributed by atoms with Crippen LogP contribution >= 0.6 is 11.6 Å². The molecular formula is C23H22ClN5O5. The lowest BCUT2D eigenvalue weighted by atomic mass is 10.2. The predicted octanol–water partition coefficient (Wildman–Crippen LogP) is 5.00. The Morgan fingerprint density at radius 1 is 1.12 bits per heavy atom. The maximum absolute atomic E-state index is 11.1. The minimum Gasteiger partial charge on any atom is -0.465 e. The first-order chi connectivity index (χ1) is 16.3. The molecule has 1 aromatic heterocycles. The van der Waals surface area contributed by atoms with Gasteiger partial charge < -0.3 is 24.5 Å². The number of nitro benzene ring substituents is 1. The molecule has 0 atom stereocenters. The molecule has 1 N–H and O–H groups in total. The maximum Gasteiger partial charge on any atom is 0.407 e. The highest BCUT2D eigenvalue weighted by molar-refractivity contribution is 6.31. The third-order valence-electron chi connectivity index (χ3n) is 5.54. The molecule has 2 heterocycles. The number of pyridine rings is 1. The third kappa shape index (κ3) is 5.12. The number of carboxylic acid groups (broad SMARTS) is 1. The lowest BCUT2D eigenvalue weighted by Gasteiger charge is -2.34. The molecule has 2 aromatic carbocycles. The number of hydrogen-bond donors (Lipinski definition) is 1. The van der Waals surface area contributed by atoms with Gasteiger partial charge in [0, 0.05) is 50.7 Å². The number of halogens is 1. The molecule has 1 aliphatic rings. The molecule has 176 valence electrons. The van der Waals surface area contributed by atoms with E-state index in [0.717, 1.165) is 11.4 Å². The Morgan fingerprint density at radius 2 is 1.82 bits per heavy atom. The van der Waals surface area contributed by atoms with Crippen LogP contribution in [0.5, 0.6) is 11.6 Å². The van der Waals surface area contributed by atoms with E-state index in [1.54, 1.807) is 18.2 Å². The van der Waals surface area contributed by atoms with Gasteiger partial charge in [0.15, 0.2) is 0 Å². The fourth-order valence-electron chi connectivity index (χ4n) is 3.62. The molecule has 4 rings (SSSR count). The van der Waals surface area contributed by atoms with Crippen LogP contribution in [0.1, 0.15) is 0 Å². The van der Waals surface area contributed by atoms with Gasteiger partial charge in [0.05, 0.1) is 11.0 Å². The Balaban J connectivity index is 1.48. The number of nitrogens with zero attached hydrogens (tertiary/aromatic N) is 5.